The van der Waals surface area contributed by atoms with Gasteiger partial charge in [-0.25, -0.2) is 0 Å². The van der Waals surface area contributed by atoms with Crippen molar-refractivity contribution in [2.24, 2.45) is 0 Å². The third-order valence-corrected chi connectivity index (χ3v) is 2.25. The Morgan fingerprint density at radius 3 is 2.33 bits per heavy atom. The largest absolute Gasteiger partial charge is 0.234 e. The summed E-state index contributed by atoms with van der Waals surface area (Å²) in [5, 5.41) is 7.20. The molecule has 0 bridgehead atoms. The van der Waals surface area contributed by atoms with Gasteiger partial charge in [-0.05, 0) is 22.6 Å². The summed E-state index contributed by atoms with van der Waals surface area (Å²) in [5.41, 5.74) is 0.765. The lowest BCUT2D eigenvalue weighted by Crippen LogP contribution is -2.16. The maximum absolute atomic E-state index is 12.6. The van der Waals surface area contributed by atoms with E-state index in [1.807, 2.05) is 20.8 Å². The van der Waals surface area contributed by atoms with Crippen molar-refractivity contribution in [2.45, 2.75) is 26.2 Å². The highest BCUT2D eigenvalue weighted by atomic mass is 127. The van der Waals surface area contributed by atoms with Crippen LogP contribution in [0.1, 0.15) is 26.5 Å². The van der Waals surface area contributed by atoms with E-state index in [-0.39, 0.29) is 5.41 Å². The summed E-state index contributed by atoms with van der Waals surface area (Å²) < 4.78 is 13.4. The van der Waals surface area contributed by atoms with Gasteiger partial charge in [-0.15, -0.1) is 5.10 Å². The number of hydrogen-bond acceptors (Lipinski definition) is 2. The first-order chi connectivity index (χ1) is 5.41. The van der Waals surface area contributed by atoms with Gasteiger partial charge in [-0.3, -0.25) is 0 Å². The highest BCUT2D eigenvalue weighted by Gasteiger charge is 2.19. The molecule has 0 saturated carbocycles. The van der Waals surface area contributed by atoms with Gasteiger partial charge in [0.1, 0.15) is 0 Å². The molecule has 12 heavy (non-hydrogen) atoms. The van der Waals surface area contributed by atoms with E-state index >= 15 is 0 Å². The summed E-state index contributed by atoms with van der Waals surface area (Å²) >= 11 is 2.07. The van der Waals surface area contributed by atoms with Gasteiger partial charge >= 0.3 is 0 Å². The van der Waals surface area contributed by atoms with Crippen LogP contribution in [0.15, 0.2) is 6.07 Å². The Bertz CT molecular complexity index is 294. The van der Waals surface area contributed by atoms with Gasteiger partial charge in [0.2, 0.25) is 5.95 Å². The zero-order chi connectivity index (χ0) is 9.35. The molecule has 0 aliphatic heterocycles. The summed E-state index contributed by atoms with van der Waals surface area (Å²) in [6.45, 7) is 6.07. The minimum atomic E-state index is -0.521. The van der Waals surface area contributed by atoms with E-state index in [0.29, 0.717) is 0 Å². The highest BCUT2D eigenvalue weighted by molar-refractivity contribution is 14.1. The molecule has 0 atom stereocenters. The van der Waals surface area contributed by atoms with Gasteiger partial charge in [0, 0.05) is 15.1 Å². The monoisotopic (exact) mass is 280 g/mol. The Kier molecular flexibility index (Phi) is 2.65. The number of rotatable bonds is 0. The van der Waals surface area contributed by atoms with Gasteiger partial charge < -0.3 is 0 Å². The zero-order valence-electron chi connectivity index (χ0n) is 7.23. The van der Waals surface area contributed by atoms with Gasteiger partial charge in [0.15, 0.2) is 0 Å². The molecular formula is C8H10FIN2. The molecule has 0 saturated heterocycles. The molecule has 0 unspecified atom stereocenters. The SMILES string of the molecule is CC(C)(C)c1nnc(F)cc1I. The molecule has 0 spiro atoms. The number of hydrogen-bond donors (Lipinski definition) is 0. The molecule has 1 heterocycles. The minimum absolute atomic E-state index is 0.0722. The van der Waals surface area contributed by atoms with Crippen LogP contribution in [-0.2, 0) is 5.41 Å². The maximum Gasteiger partial charge on any atom is 0.234 e. The van der Waals surface area contributed by atoms with E-state index in [1.165, 1.54) is 6.07 Å². The van der Waals surface area contributed by atoms with Crippen molar-refractivity contribution < 1.29 is 4.39 Å². The smallest absolute Gasteiger partial charge is 0.183 e. The summed E-state index contributed by atoms with van der Waals surface area (Å²) in [4.78, 5) is 0. The average Bonchev–Trinajstić information content (AvgIpc) is 1.83. The maximum atomic E-state index is 12.6. The van der Waals surface area contributed by atoms with E-state index in [9.17, 15) is 4.39 Å². The predicted octanol–water partition coefficient (Wildman–Crippen LogP) is 2.52. The lowest BCUT2D eigenvalue weighted by molar-refractivity contribution is 0.515. The second-order valence-electron chi connectivity index (χ2n) is 3.61. The molecule has 1 rings (SSSR count). The Labute approximate surface area is 84.7 Å². The standard InChI is InChI=1S/C8H10FIN2/c1-8(2,3)7-5(10)4-6(9)11-12-7/h4H,1-3H3. The fraction of sp³-hybridized carbons (Fsp3) is 0.500. The Hall–Kier alpha value is -0.260. The first-order valence-corrected chi connectivity index (χ1v) is 4.68. The van der Waals surface area contributed by atoms with Crippen LogP contribution in [0.5, 0.6) is 0 Å². The van der Waals surface area contributed by atoms with Crippen molar-refractivity contribution in [3.63, 3.8) is 0 Å². The van der Waals surface area contributed by atoms with Crippen LogP contribution in [0.3, 0.4) is 0 Å². The van der Waals surface area contributed by atoms with Crippen molar-refractivity contribution in [3.8, 4) is 0 Å². The van der Waals surface area contributed by atoms with Crippen LogP contribution in [0.4, 0.5) is 4.39 Å². The van der Waals surface area contributed by atoms with Crippen molar-refractivity contribution in [1.82, 2.24) is 10.2 Å². The second kappa shape index (κ2) is 3.24. The first kappa shape index (κ1) is 9.83. The molecule has 4 heteroatoms. The van der Waals surface area contributed by atoms with Crippen molar-refractivity contribution in [2.75, 3.05) is 0 Å². The van der Waals surface area contributed by atoms with E-state index in [1.54, 1.807) is 0 Å². The molecule has 0 radical (unpaired) electrons. The predicted molar refractivity (Wildman–Crippen MR) is 53.4 cm³/mol. The van der Waals surface area contributed by atoms with Crippen LogP contribution in [-0.4, -0.2) is 10.2 Å². The van der Waals surface area contributed by atoms with E-state index in [4.69, 9.17) is 0 Å². The molecule has 66 valence electrons. The summed E-state index contributed by atoms with van der Waals surface area (Å²) in [6.07, 6.45) is 0. The van der Waals surface area contributed by atoms with Crippen molar-refractivity contribution >= 4 is 22.6 Å². The highest BCUT2D eigenvalue weighted by Crippen LogP contribution is 2.24. The van der Waals surface area contributed by atoms with Gasteiger partial charge in [-0.2, -0.15) is 9.49 Å². The molecule has 1 aromatic heterocycles. The Morgan fingerprint density at radius 2 is 1.92 bits per heavy atom. The number of nitrogens with zero attached hydrogens (tertiary/aromatic N) is 2. The summed E-state index contributed by atoms with van der Waals surface area (Å²) in [7, 11) is 0. The van der Waals surface area contributed by atoms with Crippen molar-refractivity contribution in [3.05, 3.63) is 21.3 Å². The van der Waals surface area contributed by atoms with Gasteiger partial charge in [-0.1, -0.05) is 20.8 Å². The van der Waals surface area contributed by atoms with Crippen LogP contribution >= 0.6 is 22.6 Å². The second-order valence-corrected chi connectivity index (χ2v) is 4.78. The van der Waals surface area contributed by atoms with Gasteiger partial charge in [0.05, 0.1) is 5.69 Å². The molecule has 2 nitrogen and oxygen atoms in total. The Balaban J connectivity index is 3.19. The molecule has 0 fully saturated rings. The fourth-order valence-corrected chi connectivity index (χ4v) is 2.03. The normalized spacial score (nSPS) is 11.8. The number of halogens is 2. The molecule has 0 aliphatic carbocycles. The molecule has 0 aromatic carbocycles. The average molecular weight is 280 g/mol. The molecule has 0 amide bonds. The van der Waals surface area contributed by atoms with E-state index in [2.05, 4.69) is 32.8 Å². The summed E-state index contributed by atoms with van der Waals surface area (Å²) in [6, 6.07) is 1.40. The quantitative estimate of drug-likeness (QED) is 0.682. The van der Waals surface area contributed by atoms with E-state index in [0.717, 1.165) is 9.26 Å². The van der Waals surface area contributed by atoms with Crippen LogP contribution in [0.25, 0.3) is 0 Å². The first-order valence-electron chi connectivity index (χ1n) is 3.60. The van der Waals surface area contributed by atoms with Crippen molar-refractivity contribution in [1.29, 1.82) is 0 Å². The Morgan fingerprint density at radius 1 is 1.33 bits per heavy atom. The third-order valence-electron chi connectivity index (χ3n) is 1.43. The zero-order valence-corrected chi connectivity index (χ0v) is 9.39. The van der Waals surface area contributed by atoms with Crippen LogP contribution < -0.4 is 0 Å². The molecular weight excluding hydrogens is 270 g/mol. The topological polar surface area (TPSA) is 25.8 Å². The summed E-state index contributed by atoms with van der Waals surface area (Å²) in [5.74, 6) is -0.521. The number of aromatic nitrogens is 2. The lowest BCUT2D eigenvalue weighted by atomic mass is 9.92. The lowest BCUT2D eigenvalue weighted by Gasteiger charge is -2.17. The van der Waals surface area contributed by atoms with E-state index < -0.39 is 5.95 Å². The molecule has 0 N–H and O–H groups in total. The minimum Gasteiger partial charge on any atom is -0.183 e. The fourth-order valence-electron chi connectivity index (χ4n) is 0.856. The van der Waals surface area contributed by atoms with Crippen LogP contribution in [0, 0.1) is 9.52 Å². The molecule has 0 aliphatic rings. The van der Waals surface area contributed by atoms with Crippen LogP contribution in [0.2, 0.25) is 0 Å². The molecule has 1 aromatic rings. The van der Waals surface area contributed by atoms with Gasteiger partial charge in [0.25, 0.3) is 0 Å². The third kappa shape index (κ3) is 2.12.